The molecule has 1 heterocycles. The van der Waals surface area contributed by atoms with Crippen molar-refractivity contribution in [1.29, 1.82) is 5.26 Å². The Morgan fingerprint density at radius 1 is 1.37 bits per heavy atom. The van der Waals surface area contributed by atoms with Gasteiger partial charge in [-0.05, 0) is 24.1 Å². The van der Waals surface area contributed by atoms with E-state index in [2.05, 4.69) is 16.2 Å². The Hall–Kier alpha value is -1.86. The van der Waals surface area contributed by atoms with Gasteiger partial charge in [0.15, 0.2) is 5.82 Å². The molecule has 1 atom stereocenters. The molecule has 4 nitrogen and oxygen atoms in total. The predicted molar refractivity (Wildman–Crippen MR) is 71.8 cm³/mol. The van der Waals surface area contributed by atoms with Crippen molar-refractivity contribution in [2.75, 3.05) is 0 Å². The van der Waals surface area contributed by atoms with Crippen LogP contribution in [0.4, 0.5) is 0 Å². The lowest BCUT2D eigenvalue weighted by Gasteiger charge is -2.00. The minimum absolute atomic E-state index is 0.117. The molecule has 0 aliphatic heterocycles. The van der Waals surface area contributed by atoms with Crippen LogP contribution in [0.5, 0.6) is 0 Å². The first kappa shape index (κ1) is 13.6. The molecule has 19 heavy (non-hydrogen) atoms. The quantitative estimate of drug-likeness (QED) is 0.834. The summed E-state index contributed by atoms with van der Waals surface area (Å²) < 4.78 is 5.22. The van der Waals surface area contributed by atoms with E-state index in [1.807, 2.05) is 31.2 Å². The van der Waals surface area contributed by atoms with Gasteiger partial charge in [-0.25, -0.2) is 0 Å². The third-order valence-electron chi connectivity index (χ3n) is 2.87. The topological polar surface area (TPSA) is 62.7 Å². The summed E-state index contributed by atoms with van der Waals surface area (Å²) in [5.74, 6) is 1.37. The lowest BCUT2D eigenvalue weighted by molar-refractivity contribution is 0.351. The van der Waals surface area contributed by atoms with Crippen LogP contribution in [0.2, 0.25) is 5.02 Å². The van der Waals surface area contributed by atoms with Crippen LogP contribution in [0.1, 0.15) is 43.0 Å². The van der Waals surface area contributed by atoms with Gasteiger partial charge in [0.05, 0.1) is 6.07 Å². The van der Waals surface area contributed by atoms with Gasteiger partial charge in [0.2, 0.25) is 5.89 Å². The molecule has 2 aromatic rings. The van der Waals surface area contributed by atoms with E-state index >= 15 is 0 Å². The summed E-state index contributed by atoms with van der Waals surface area (Å²) in [6.07, 6.45) is 1.85. The van der Waals surface area contributed by atoms with Gasteiger partial charge in [0, 0.05) is 23.8 Å². The second-order valence-electron chi connectivity index (χ2n) is 4.45. The highest BCUT2D eigenvalue weighted by Gasteiger charge is 2.14. The molecule has 0 N–H and O–H groups in total. The Bertz CT molecular complexity index is 571. The molecule has 0 fully saturated rings. The van der Waals surface area contributed by atoms with Gasteiger partial charge in [0.1, 0.15) is 0 Å². The summed E-state index contributed by atoms with van der Waals surface area (Å²) in [7, 11) is 0. The first-order valence-electron chi connectivity index (χ1n) is 6.13. The fraction of sp³-hybridized carbons (Fsp3) is 0.357. The second kappa shape index (κ2) is 6.35. The van der Waals surface area contributed by atoms with Crippen LogP contribution < -0.4 is 0 Å². The lowest BCUT2D eigenvalue weighted by atomic mass is 10.1. The number of rotatable bonds is 5. The zero-order valence-corrected chi connectivity index (χ0v) is 11.4. The largest absolute Gasteiger partial charge is 0.339 e. The van der Waals surface area contributed by atoms with Crippen LogP contribution >= 0.6 is 11.6 Å². The maximum Gasteiger partial charge on any atom is 0.229 e. The molecule has 0 aliphatic rings. The Labute approximate surface area is 117 Å². The number of benzene rings is 1. The number of hydrogen-bond donors (Lipinski definition) is 0. The fourth-order valence-corrected chi connectivity index (χ4v) is 1.85. The average molecular weight is 276 g/mol. The van der Waals surface area contributed by atoms with Crippen molar-refractivity contribution in [1.82, 2.24) is 10.1 Å². The standard InChI is InChI=1S/C14H14ClN3O/c1-10(3-2-8-16)14-17-13(18-19-14)9-11-4-6-12(15)7-5-11/h4-7,10H,2-3,9H2,1H3. The van der Waals surface area contributed by atoms with Crippen molar-refractivity contribution < 1.29 is 4.52 Å². The van der Waals surface area contributed by atoms with E-state index in [0.29, 0.717) is 29.6 Å². The number of aromatic nitrogens is 2. The minimum atomic E-state index is 0.117. The van der Waals surface area contributed by atoms with Crippen LogP contribution in [-0.2, 0) is 6.42 Å². The monoisotopic (exact) mass is 275 g/mol. The number of halogens is 1. The molecule has 5 heteroatoms. The Morgan fingerprint density at radius 3 is 2.79 bits per heavy atom. The van der Waals surface area contributed by atoms with Crippen molar-refractivity contribution in [2.45, 2.75) is 32.1 Å². The molecule has 2 rings (SSSR count). The second-order valence-corrected chi connectivity index (χ2v) is 4.89. The number of nitrogens with zero attached hydrogens (tertiary/aromatic N) is 3. The molecule has 0 saturated carbocycles. The van der Waals surface area contributed by atoms with Crippen LogP contribution in [0.15, 0.2) is 28.8 Å². The van der Waals surface area contributed by atoms with E-state index in [0.717, 1.165) is 12.0 Å². The summed E-state index contributed by atoms with van der Waals surface area (Å²) in [4.78, 5) is 4.36. The highest BCUT2D eigenvalue weighted by atomic mass is 35.5. The third kappa shape index (κ3) is 3.80. The van der Waals surface area contributed by atoms with Crippen molar-refractivity contribution in [3.63, 3.8) is 0 Å². The van der Waals surface area contributed by atoms with Crippen LogP contribution in [0, 0.1) is 11.3 Å². The van der Waals surface area contributed by atoms with E-state index in [9.17, 15) is 0 Å². The van der Waals surface area contributed by atoms with Crippen molar-refractivity contribution in [2.24, 2.45) is 0 Å². The molecule has 98 valence electrons. The minimum Gasteiger partial charge on any atom is -0.339 e. The van der Waals surface area contributed by atoms with Gasteiger partial charge in [-0.15, -0.1) is 0 Å². The molecule has 0 aliphatic carbocycles. The van der Waals surface area contributed by atoms with Gasteiger partial charge in [-0.1, -0.05) is 35.8 Å². The molecule has 1 aromatic heterocycles. The fourth-order valence-electron chi connectivity index (χ4n) is 1.73. The lowest BCUT2D eigenvalue weighted by Crippen LogP contribution is -1.95. The molecule has 0 saturated heterocycles. The van der Waals surface area contributed by atoms with Crippen LogP contribution in [0.25, 0.3) is 0 Å². The van der Waals surface area contributed by atoms with Crippen molar-refractivity contribution in [3.05, 3.63) is 46.6 Å². The highest BCUT2D eigenvalue weighted by Crippen LogP contribution is 2.19. The van der Waals surface area contributed by atoms with Gasteiger partial charge in [-0.2, -0.15) is 10.2 Å². The van der Waals surface area contributed by atoms with E-state index < -0.39 is 0 Å². The maximum atomic E-state index is 8.56. The molecule has 0 spiro atoms. The molecule has 1 aromatic carbocycles. The highest BCUT2D eigenvalue weighted by molar-refractivity contribution is 6.30. The molecular weight excluding hydrogens is 262 g/mol. The number of nitriles is 1. The molecule has 0 amide bonds. The zero-order chi connectivity index (χ0) is 13.7. The summed E-state index contributed by atoms with van der Waals surface area (Å²) in [6.45, 7) is 1.98. The molecule has 0 radical (unpaired) electrons. The molecule has 0 bridgehead atoms. The van der Waals surface area contributed by atoms with Gasteiger partial charge in [0.25, 0.3) is 0 Å². The van der Waals surface area contributed by atoms with Crippen molar-refractivity contribution >= 4 is 11.6 Å². The smallest absolute Gasteiger partial charge is 0.229 e. The zero-order valence-electron chi connectivity index (χ0n) is 10.6. The van der Waals surface area contributed by atoms with Crippen LogP contribution in [-0.4, -0.2) is 10.1 Å². The van der Waals surface area contributed by atoms with E-state index in [1.165, 1.54) is 0 Å². The summed E-state index contributed by atoms with van der Waals surface area (Å²) in [6, 6.07) is 9.68. The van der Waals surface area contributed by atoms with E-state index in [4.69, 9.17) is 21.4 Å². The van der Waals surface area contributed by atoms with E-state index in [-0.39, 0.29) is 5.92 Å². The van der Waals surface area contributed by atoms with Crippen LogP contribution in [0.3, 0.4) is 0 Å². The first-order valence-corrected chi connectivity index (χ1v) is 6.50. The van der Waals surface area contributed by atoms with Gasteiger partial charge < -0.3 is 4.52 Å². The third-order valence-corrected chi connectivity index (χ3v) is 3.12. The average Bonchev–Trinajstić information content (AvgIpc) is 2.87. The predicted octanol–water partition coefficient (Wildman–Crippen LogP) is 3.72. The van der Waals surface area contributed by atoms with Gasteiger partial charge >= 0.3 is 0 Å². The first-order chi connectivity index (χ1) is 9.19. The summed E-state index contributed by atoms with van der Waals surface area (Å²) in [5, 5.41) is 13.2. The Kier molecular flexibility index (Phi) is 4.53. The van der Waals surface area contributed by atoms with E-state index in [1.54, 1.807) is 0 Å². The maximum absolute atomic E-state index is 8.56. The SMILES string of the molecule is CC(CCC#N)c1nc(Cc2ccc(Cl)cc2)no1. The molecular formula is C14H14ClN3O. The Balaban J connectivity index is 2.01. The number of hydrogen-bond acceptors (Lipinski definition) is 4. The summed E-state index contributed by atoms with van der Waals surface area (Å²) in [5.41, 5.74) is 1.08. The summed E-state index contributed by atoms with van der Waals surface area (Å²) >= 11 is 5.83. The Morgan fingerprint density at radius 2 is 2.11 bits per heavy atom. The van der Waals surface area contributed by atoms with Crippen molar-refractivity contribution in [3.8, 4) is 6.07 Å². The molecule has 1 unspecified atom stereocenters. The normalized spacial score (nSPS) is 12.1. The van der Waals surface area contributed by atoms with Gasteiger partial charge in [-0.3, -0.25) is 0 Å².